The molecule has 25 heavy (non-hydrogen) atoms. The summed E-state index contributed by atoms with van der Waals surface area (Å²) in [5, 5.41) is 5.18. The molecule has 7 nitrogen and oxygen atoms in total. The summed E-state index contributed by atoms with van der Waals surface area (Å²) in [7, 11) is 3.48. The monoisotopic (exact) mass is 339 g/mol. The lowest BCUT2D eigenvalue weighted by atomic mass is 10.1. The first-order valence-electron chi connectivity index (χ1n) is 7.76. The number of carbonyl (C=O) groups excluding carboxylic acids is 2. The van der Waals surface area contributed by atoms with E-state index >= 15 is 0 Å². The normalized spacial score (nSPS) is 10.5. The molecule has 0 spiro atoms. The molecule has 0 radical (unpaired) electrons. The second-order valence-corrected chi connectivity index (χ2v) is 5.60. The molecule has 0 saturated carbocycles. The van der Waals surface area contributed by atoms with Crippen molar-refractivity contribution in [1.29, 1.82) is 0 Å². The minimum absolute atomic E-state index is 0.109. The van der Waals surface area contributed by atoms with Gasteiger partial charge in [-0.25, -0.2) is 13.8 Å². The number of aryl methyl sites for hydroxylation is 1. The highest BCUT2D eigenvalue weighted by atomic mass is 16.5. The largest absolute Gasteiger partial charge is 0.412 e. The average Bonchev–Trinajstić information content (AvgIpc) is 2.91. The van der Waals surface area contributed by atoms with Gasteiger partial charge in [-0.2, -0.15) is 0 Å². The number of hydrogen-bond donors (Lipinski definition) is 2. The highest BCUT2D eigenvalue weighted by Crippen LogP contribution is 2.23. The Morgan fingerprint density at radius 3 is 2.44 bits per heavy atom. The van der Waals surface area contributed by atoms with Crippen LogP contribution >= 0.6 is 0 Å². The zero-order chi connectivity index (χ0) is 18.0. The van der Waals surface area contributed by atoms with Crippen LogP contribution in [0.2, 0.25) is 0 Å². The second kappa shape index (κ2) is 6.64. The molecular formula is C18H19N4O3+. The number of imidazole rings is 1. The Balaban J connectivity index is 1.94. The number of nitrogens with one attached hydrogen (secondary N) is 2. The van der Waals surface area contributed by atoms with Crippen molar-refractivity contribution >= 4 is 23.3 Å². The maximum Gasteiger partial charge on any atom is 0.412 e. The summed E-state index contributed by atoms with van der Waals surface area (Å²) in [4.78, 5) is 22.5. The minimum Gasteiger partial charge on any atom is -0.410 e. The number of ether oxygens (including phenoxy) is 1. The van der Waals surface area contributed by atoms with Gasteiger partial charge in [0.2, 0.25) is 5.91 Å². The topological polar surface area (TPSA) is 76.5 Å². The van der Waals surface area contributed by atoms with Gasteiger partial charge in [-0.15, -0.1) is 0 Å². The molecule has 0 saturated heterocycles. The van der Waals surface area contributed by atoms with Crippen molar-refractivity contribution in [3.63, 3.8) is 0 Å². The molecule has 3 rings (SSSR count). The molecule has 0 unspecified atom stereocenters. The number of fused-ring (bicyclic) bond motifs is 1. The second-order valence-electron chi connectivity index (χ2n) is 5.60. The van der Waals surface area contributed by atoms with Crippen molar-refractivity contribution in [2.45, 2.75) is 6.92 Å². The molecule has 0 fully saturated rings. The van der Waals surface area contributed by atoms with Gasteiger partial charge in [0.1, 0.15) is 18.1 Å². The van der Waals surface area contributed by atoms with Gasteiger partial charge in [-0.05, 0) is 30.3 Å². The molecule has 0 aliphatic heterocycles. The van der Waals surface area contributed by atoms with Crippen LogP contribution in [0, 0.1) is 0 Å². The fourth-order valence-corrected chi connectivity index (χ4v) is 2.64. The molecule has 0 bridgehead atoms. The summed E-state index contributed by atoms with van der Waals surface area (Å²) in [5.74, 6) is 0.366. The lowest BCUT2D eigenvalue weighted by Gasteiger charge is -2.03. The molecule has 0 aliphatic rings. The van der Waals surface area contributed by atoms with Crippen molar-refractivity contribution < 1.29 is 18.7 Å². The van der Waals surface area contributed by atoms with E-state index in [1.165, 1.54) is 14.0 Å². The quantitative estimate of drug-likeness (QED) is 0.718. The van der Waals surface area contributed by atoms with E-state index in [1.807, 2.05) is 52.7 Å². The Hall–Kier alpha value is -3.35. The third kappa shape index (κ3) is 3.45. The zero-order valence-corrected chi connectivity index (χ0v) is 14.2. The Labute approximate surface area is 144 Å². The first-order chi connectivity index (χ1) is 12.0. The van der Waals surface area contributed by atoms with Crippen molar-refractivity contribution in [1.82, 2.24) is 9.88 Å². The summed E-state index contributed by atoms with van der Waals surface area (Å²) in [6.07, 6.45) is 3.34. The molecule has 2 N–H and O–H groups in total. The summed E-state index contributed by atoms with van der Waals surface area (Å²) >= 11 is 0. The van der Waals surface area contributed by atoms with E-state index in [2.05, 4.69) is 10.6 Å². The molecule has 128 valence electrons. The average molecular weight is 339 g/mol. The Kier molecular flexibility index (Phi) is 4.38. The van der Waals surface area contributed by atoms with Gasteiger partial charge in [-0.1, -0.05) is 0 Å². The van der Waals surface area contributed by atoms with E-state index in [4.69, 9.17) is 4.74 Å². The first kappa shape index (κ1) is 16.5. The Bertz CT molecular complexity index is 945. The standard InChI is InChI=1S/C18H18N4O3/c1-12(23)20-14-6-9-17-21(3)16(11-22(17)10-14)13-4-7-15(8-5-13)25-18(24)19-2/h4-11H,1-3H3,(H-,19,20,23,24)/p+1. The number of pyridine rings is 1. The maximum atomic E-state index is 11.2. The summed E-state index contributed by atoms with van der Waals surface area (Å²) < 4.78 is 9.10. The molecule has 2 heterocycles. The summed E-state index contributed by atoms with van der Waals surface area (Å²) in [6.45, 7) is 1.48. The van der Waals surface area contributed by atoms with Gasteiger partial charge >= 0.3 is 6.09 Å². The van der Waals surface area contributed by atoms with Gasteiger partial charge in [0.25, 0.3) is 5.65 Å². The van der Waals surface area contributed by atoms with Crippen LogP contribution in [-0.4, -0.2) is 23.6 Å². The molecule has 3 aromatic rings. The molecule has 2 aromatic heterocycles. The van der Waals surface area contributed by atoms with E-state index in [0.717, 1.165) is 22.6 Å². The number of carbonyl (C=O) groups is 2. The third-order valence-electron chi connectivity index (χ3n) is 3.81. The van der Waals surface area contributed by atoms with Crippen molar-refractivity contribution in [2.24, 2.45) is 7.05 Å². The third-order valence-corrected chi connectivity index (χ3v) is 3.81. The van der Waals surface area contributed by atoms with Crippen LogP contribution in [0.5, 0.6) is 5.75 Å². The van der Waals surface area contributed by atoms with Crippen LogP contribution in [-0.2, 0) is 11.8 Å². The Morgan fingerprint density at radius 1 is 1.08 bits per heavy atom. The maximum absolute atomic E-state index is 11.2. The predicted molar refractivity (Wildman–Crippen MR) is 93.4 cm³/mol. The van der Waals surface area contributed by atoms with Crippen molar-refractivity contribution in [2.75, 3.05) is 12.4 Å². The van der Waals surface area contributed by atoms with Gasteiger partial charge in [0.05, 0.1) is 12.7 Å². The number of amides is 2. The molecule has 0 aliphatic carbocycles. The lowest BCUT2D eigenvalue weighted by molar-refractivity contribution is -0.509. The highest BCUT2D eigenvalue weighted by Gasteiger charge is 2.16. The Morgan fingerprint density at radius 2 is 1.80 bits per heavy atom. The van der Waals surface area contributed by atoms with Crippen LogP contribution in [0.3, 0.4) is 0 Å². The van der Waals surface area contributed by atoms with E-state index in [1.54, 1.807) is 12.1 Å². The van der Waals surface area contributed by atoms with E-state index in [-0.39, 0.29) is 5.91 Å². The number of nitrogens with zero attached hydrogens (tertiary/aromatic N) is 2. The summed E-state index contributed by atoms with van der Waals surface area (Å²) in [6, 6.07) is 11.1. The predicted octanol–water partition coefficient (Wildman–Crippen LogP) is 2.11. The smallest absolute Gasteiger partial charge is 0.410 e. The van der Waals surface area contributed by atoms with Gasteiger partial charge < -0.3 is 15.4 Å². The van der Waals surface area contributed by atoms with Crippen LogP contribution in [0.4, 0.5) is 10.5 Å². The lowest BCUT2D eigenvalue weighted by Crippen LogP contribution is -2.21. The van der Waals surface area contributed by atoms with E-state index < -0.39 is 6.09 Å². The SMILES string of the molecule is CNC(=O)Oc1ccc(-c2c[n+]3cc(NC(C)=O)ccc3n2C)cc1. The fraction of sp³-hybridized carbons (Fsp3) is 0.167. The number of anilines is 1. The van der Waals surface area contributed by atoms with Gasteiger partial charge in [0, 0.05) is 25.6 Å². The van der Waals surface area contributed by atoms with Crippen molar-refractivity contribution in [3.05, 3.63) is 48.8 Å². The highest BCUT2D eigenvalue weighted by molar-refractivity contribution is 5.88. The first-order valence-corrected chi connectivity index (χ1v) is 7.76. The van der Waals surface area contributed by atoms with Crippen LogP contribution in [0.1, 0.15) is 6.92 Å². The number of rotatable bonds is 3. The van der Waals surface area contributed by atoms with Gasteiger partial charge in [-0.3, -0.25) is 4.79 Å². The van der Waals surface area contributed by atoms with Crippen LogP contribution in [0.25, 0.3) is 16.9 Å². The minimum atomic E-state index is -0.501. The zero-order valence-electron chi connectivity index (χ0n) is 14.2. The number of benzene rings is 1. The number of hydrogen-bond acceptors (Lipinski definition) is 3. The number of aromatic nitrogens is 2. The van der Waals surface area contributed by atoms with E-state index in [0.29, 0.717) is 5.75 Å². The van der Waals surface area contributed by atoms with Crippen LogP contribution < -0.4 is 19.8 Å². The molecule has 2 amide bonds. The molecular weight excluding hydrogens is 320 g/mol. The molecule has 7 heteroatoms. The van der Waals surface area contributed by atoms with Crippen LogP contribution in [0.15, 0.2) is 48.8 Å². The molecule has 0 atom stereocenters. The fourth-order valence-electron chi connectivity index (χ4n) is 2.64. The van der Waals surface area contributed by atoms with Gasteiger partial charge in [0.15, 0.2) is 5.69 Å². The molecule has 1 aromatic carbocycles. The summed E-state index contributed by atoms with van der Waals surface area (Å²) in [5.41, 5.74) is 3.69. The van der Waals surface area contributed by atoms with E-state index in [9.17, 15) is 9.59 Å². The van der Waals surface area contributed by atoms with Crippen molar-refractivity contribution in [3.8, 4) is 17.0 Å².